The second kappa shape index (κ2) is 16.9. The van der Waals surface area contributed by atoms with E-state index in [2.05, 4.69) is 32.4 Å². The van der Waals surface area contributed by atoms with Crippen molar-refractivity contribution in [2.45, 2.75) is 103 Å². The molecule has 4 atom stereocenters. The number of cyclic esters (lactones) is 2. The van der Waals surface area contributed by atoms with Crippen LogP contribution in [-0.4, -0.2) is 28.8 Å². The number of carbonyl (C=O) groups is 4. The van der Waals surface area contributed by atoms with Crippen LogP contribution < -0.4 is 0 Å². The number of hydrogen-bond donors (Lipinski definition) is 1. The molecule has 1 saturated heterocycles. The van der Waals surface area contributed by atoms with Gasteiger partial charge in [0.1, 0.15) is 5.78 Å². The molecular weight excluding hydrogens is 444 g/mol. The number of aliphatic carboxylic acids is 1. The minimum absolute atomic E-state index is 0.0104. The predicted molar refractivity (Wildman–Crippen MR) is 142 cm³/mol. The van der Waals surface area contributed by atoms with Gasteiger partial charge in [0.25, 0.3) is 0 Å². The van der Waals surface area contributed by atoms with E-state index < -0.39 is 11.9 Å². The zero-order valence-electron chi connectivity index (χ0n) is 24.7. The maximum Gasteiger partial charge on any atom is 0.317 e. The highest BCUT2D eigenvalue weighted by Gasteiger charge is 2.47. The molecule has 0 amide bonds. The molecule has 4 unspecified atom stereocenters. The van der Waals surface area contributed by atoms with Gasteiger partial charge in [0, 0.05) is 5.92 Å². The van der Waals surface area contributed by atoms with Crippen molar-refractivity contribution in [3.05, 3.63) is 0 Å². The minimum atomic E-state index is -0.867. The molecule has 0 aromatic heterocycles. The van der Waals surface area contributed by atoms with Crippen LogP contribution in [0.15, 0.2) is 0 Å². The monoisotopic (exact) mass is 498 g/mol. The first kappa shape index (κ1) is 35.4. The number of ether oxygens (including phenoxy) is 1. The smallest absolute Gasteiger partial charge is 0.317 e. The number of esters is 2. The van der Waals surface area contributed by atoms with Crippen LogP contribution in [0.2, 0.25) is 0 Å². The maximum atomic E-state index is 11.4. The van der Waals surface area contributed by atoms with E-state index in [4.69, 9.17) is 5.11 Å². The molecule has 206 valence electrons. The number of carbonyl (C=O) groups excluding carboxylic acids is 3. The highest BCUT2D eigenvalue weighted by atomic mass is 16.6. The van der Waals surface area contributed by atoms with E-state index in [1.807, 2.05) is 55.4 Å². The van der Waals surface area contributed by atoms with Gasteiger partial charge in [-0.2, -0.15) is 0 Å². The molecule has 0 aromatic carbocycles. The largest absolute Gasteiger partial charge is 0.481 e. The van der Waals surface area contributed by atoms with Crippen molar-refractivity contribution in [1.82, 2.24) is 0 Å². The minimum Gasteiger partial charge on any atom is -0.481 e. The van der Waals surface area contributed by atoms with Crippen LogP contribution in [0.25, 0.3) is 0 Å². The van der Waals surface area contributed by atoms with E-state index in [1.165, 1.54) is 19.8 Å². The summed E-state index contributed by atoms with van der Waals surface area (Å²) < 4.78 is 4.63. The van der Waals surface area contributed by atoms with Crippen LogP contribution >= 0.6 is 0 Å². The summed E-state index contributed by atoms with van der Waals surface area (Å²) in [4.78, 5) is 45.0. The van der Waals surface area contributed by atoms with Crippen molar-refractivity contribution in [3.8, 4) is 0 Å². The lowest BCUT2D eigenvalue weighted by Crippen LogP contribution is -2.35. The first-order chi connectivity index (χ1) is 15.9. The molecule has 1 heterocycles. The van der Waals surface area contributed by atoms with Crippen molar-refractivity contribution in [1.29, 1.82) is 0 Å². The molecule has 6 heteroatoms. The van der Waals surface area contributed by atoms with E-state index in [9.17, 15) is 19.2 Å². The lowest BCUT2D eigenvalue weighted by Gasteiger charge is -2.27. The molecule has 1 rings (SSSR count). The number of carboxylic acids is 1. The number of rotatable bonds is 10. The quantitative estimate of drug-likeness (QED) is 0.260. The first-order valence-corrected chi connectivity index (χ1v) is 13.3. The summed E-state index contributed by atoms with van der Waals surface area (Å²) in [6.45, 7) is 25.8. The van der Waals surface area contributed by atoms with E-state index in [-0.39, 0.29) is 59.1 Å². The van der Waals surface area contributed by atoms with Gasteiger partial charge in [0.05, 0.1) is 17.8 Å². The van der Waals surface area contributed by atoms with Crippen molar-refractivity contribution in [2.75, 3.05) is 0 Å². The van der Waals surface area contributed by atoms with Crippen molar-refractivity contribution in [2.24, 2.45) is 59.2 Å². The number of Topliss-reactive ketones (excluding diaryl/α,β-unsaturated/α-hetero) is 1. The average molecular weight is 499 g/mol. The first-order valence-electron chi connectivity index (χ1n) is 13.3. The van der Waals surface area contributed by atoms with Crippen molar-refractivity contribution in [3.63, 3.8) is 0 Å². The van der Waals surface area contributed by atoms with Crippen molar-refractivity contribution >= 4 is 23.7 Å². The molecule has 0 spiro atoms. The molecule has 1 N–H and O–H groups in total. The van der Waals surface area contributed by atoms with E-state index >= 15 is 0 Å². The molecule has 1 fully saturated rings. The Bertz CT molecular complexity index is 604. The fourth-order valence-corrected chi connectivity index (χ4v) is 4.56. The summed E-state index contributed by atoms with van der Waals surface area (Å²) >= 11 is 0. The predicted octanol–water partition coefficient (Wildman–Crippen LogP) is 6.90. The van der Waals surface area contributed by atoms with Gasteiger partial charge in [-0.25, -0.2) is 0 Å². The normalized spacial score (nSPS) is 19.5. The lowest BCUT2D eigenvalue weighted by molar-refractivity contribution is -0.154. The van der Waals surface area contributed by atoms with Crippen LogP contribution in [0, 0.1) is 59.2 Å². The molecule has 6 nitrogen and oxygen atoms in total. The third kappa shape index (κ3) is 13.2. The fraction of sp³-hybridized carbons (Fsp3) is 0.862. The van der Waals surface area contributed by atoms with Crippen molar-refractivity contribution < 1.29 is 29.0 Å². The van der Waals surface area contributed by atoms with Gasteiger partial charge in [0.15, 0.2) is 0 Å². The van der Waals surface area contributed by atoms with Crippen LogP contribution in [0.3, 0.4) is 0 Å². The number of ketones is 1. The molecule has 0 saturated carbocycles. The zero-order valence-corrected chi connectivity index (χ0v) is 24.7. The van der Waals surface area contributed by atoms with Gasteiger partial charge in [-0.15, -0.1) is 0 Å². The average Bonchev–Trinajstić information content (AvgIpc) is 2.98. The van der Waals surface area contributed by atoms with Crippen LogP contribution in [0.4, 0.5) is 0 Å². The molecule has 1 aliphatic rings. The molecule has 1 aliphatic heterocycles. The Hall–Kier alpha value is -1.72. The van der Waals surface area contributed by atoms with Gasteiger partial charge in [-0.05, 0) is 42.4 Å². The zero-order chi connectivity index (χ0) is 28.2. The fourth-order valence-electron chi connectivity index (χ4n) is 4.56. The standard InChI is InChI=1S/C11H20O3.C10H16O3.C8H18/c1-6(2)9(8(5)12)10(7(3)4)11(13)14;1-5(2)7-8(6(3)4)10(12)13-9(7)11;1-7(2)5-6-8(3)4/h6-7,9-10H,1-5H3,(H,13,14);5-8H,1-4H3;7-8H,5-6H2,1-4H3. The Morgan fingerprint density at radius 2 is 1.00 bits per heavy atom. The molecule has 0 bridgehead atoms. The molecule has 35 heavy (non-hydrogen) atoms. The topological polar surface area (TPSA) is 97.7 Å². The Labute approximate surface area is 215 Å². The second-order valence-corrected chi connectivity index (χ2v) is 12.1. The Morgan fingerprint density at radius 1 is 0.686 bits per heavy atom. The van der Waals surface area contributed by atoms with Gasteiger partial charge >= 0.3 is 17.9 Å². The molecule has 0 aromatic rings. The summed E-state index contributed by atoms with van der Waals surface area (Å²) in [5.74, 6) is -0.820. The number of carboxylic acid groups (broad SMARTS) is 1. The van der Waals surface area contributed by atoms with Gasteiger partial charge in [-0.3, -0.25) is 19.2 Å². The highest BCUT2D eigenvalue weighted by molar-refractivity contribution is 5.96. The SMILES string of the molecule is CC(=O)C(C(C)C)C(C(=O)O)C(C)C.CC(C)C1C(=O)OC(=O)C1C(C)C.CC(C)CCC(C)C. The summed E-state index contributed by atoms with van der Waals surface area (Å²) in [7, 11) is 0. The van der Waals surface area contributed by atoms with Gasteiger partial charge in [0.2, 0.25) is 0 Å². The van der Waals surface area contributed by atoms with E-state index in [0.717, 1.165) is 11.8 Å². The van der Waals surface area contributed by atoms with E-state index in [0.29, 0.717) is 0 Å². The molecule has 0 radical (unpaired) electrons. The van der Waals surface area contributed by atoms with Gasteiger partial charge < -0.3 is 9.84 Å². The Kier molecular flexibility index (Phi) is 17.1. The summed E-state index contributed by atoms with van der Waals surface area (Å²) in [6, 6.07) is 0. The highest BCUT2D eigenvalue weighted by Crippen LogP contribution is 2.34. The third-order valence-corrected chi connectivity index (χ3v) is 6.47. The van der Waals surface area contributed by atoms with Crippen LogP contribution in [0.5, 0.6) is 0 Å². The van der Waals surface area contributed by atoms with Gasteiger partial charge in [-0.1, -0.05) is 95.9 Å². The summed E-state index contributed by atoms with van der Waals surface area (Å²) in [5.41, 5.74) is 0. The summed E-state index contributed by atoms with van der Waals surface area (Å²) in [5, 5.41) is 9.06. The summed E-state index contributed by atoms with van der Waals surface area (Å²) in [6.07, 6.45) is 2.77. The maximum absolute atomic E-state index is 11.4. The molecular formula is C29H54O6. The van der Waals surface area contributed by atoms with Crippen LogP contribution in [-0.2, 0) is 23.9 Å². The Balaban J connectivity index is 0. The second-order valence-electron chi connectivity index (χ2n) is 12.1. The number of hydrogen-bond acceptors (Lipinski definition) is 5. The van der Waals surface area contributed by atoms with E-state index in [1.54, 1.807) is 0 Å². The lowest BCUT2D eigenvalue weighted by atomic mass is 9.75. The Morgan fingerprint density at radius 3 is 1.14 bits per heavy atom. The molecule has 0 aliphatic carbocycles. The third-order valence-electron chi connectivity index (χ3n) is 6.47. The van der Waals surface area contributed by atoms with Crippen LogP contribution in [0.1, 0.15) is 103 Å².